The minimum absolute atomic E-state index is 0.134. The van der Waals surface area contributed by atoms with E-state index in [0.717, 1.165) is 18.2 Å². The molecule has 0 aromatic heterocycles. The van der Waals surface area contributed by atoms with E-state index in [1.165, 1.54) is 7.11 Å². The summed E-state index contributed by atoms with van der Waals surface area (Å²) in [5, 5.41) is 19.8. The van der Waals surface area contributed by atoms with Gasteiger partial charge in [-0.1, -0.05) is 0 Å². The molecule has 0 spiro atoms. The Morgan fingerprint density at radius 2 is 1.96 bits per heavy atom. The monoisotopic (exact) mass is 358 g/mol. The average molecular weight is 358 g/mol. The van der Waals surface area contributed by atoms with E-state index >= 15 is 0 Å². The SMILES string of the molecule is COc1cc(S(=O)(=O)NC2CCC(C(=O)O)CC2)ccc1[N+](=O)[O-]. The van der Waals surface area contributed by atoms with Crippen LogP contribution in [0.4, 0.5) is 5.69 Å². The zero-order valence-electron chi connectivity index (χ0n) is 13.0. The number of hydrogen-bond acceptors (Lipinski definition) is 6. The Hall–Kier alpha value is -2.20. The topological polar surface area (TPSA) is 136 Å². The predicted octanol–water partition coefficient (Wildman–Crippen LogP) is 1.53. The number of hydrogen-bond donors (Lipinski definition) is 2. The number of ether oxygens (including phenoxy) is 1. The average Bonchev–Trinajstić information content (AvgIpc) is 2.54. The highest BCUT2D eigenvalue weighted by atomic mass is 32.2. The number of nitrogens with one attached hydrogen (secondary N) is 1. The lowest BCUT2D eigenvalue weighted by Gasteiger charge is -2.26. The van der Waals surface area contributed by atoms with Gasteiger partial charge in [-0.15, -0.1) is 0 Å². The van der Waals surface area contributed by atoms with Crippen molar-refractivity contribution in [3.8, 4) is 5.75 Å². The highest BCUT2D eigenvalue weighted by Crippen LogP contribution is 2.30. The van der Waals surface area contributed by atoms with Crippen molar-refractivity contribution in [1.29, 1.82) is 0 Å². The maximum atomic E-state index is 12.4. The van der Waals surface area contributed by atoms with Gasteiger partial charge in [-0.05, 0) is 31.7 Å². The predicted molar refractivity (Wildman–Crippen MR) is 83.4 cm³/mol. The van der Waals surface area contributed by atoms with Crippen molar-refractivity contribution in [3.63, 3.8) is 0 Å². The molecular formula is C14H18N2O7S. The van der Waals surface area contributed by atoms with Crippen molar-refractivity contribution in [2.24, 2.45) is 5.92 Å². The highest BCUT2D eigenvalue weighted by molar-refractivity contribution is 7.89. The summed E-state index contributed by atoms with van der Waals surface area (Å²) in [7, 11) is -2.65. The minimum Gasteiger partial charge on any atom is -0.490 e. The van der Waals surface area contributed by atoms with Crippen molar-refractivity contribution in [3.05, 3.63) is 28.3 Å². The summed E-state index contributed by atoms with van der Waals surface area (Å²) >= 11 is 0. The highest BCUT2D eigenvalue weighted by Gasteiger charge is 2.29. The molecule has 1 aromatic carbocycles. The number of nitro benzene ring substituents is 1. The van der Waals surface area contributed by atoms with Crippen LogP contribution in [-0.2, 0) is 14.8 Å². The van der Waals surface area contributed by atoms with Gasteiger partial charge in [0.15, 0.2) is 5.75 Å². The van der Waals surface area contributed by atoms with Crippen molar-refractivity contribution < 1.29 is 28.0 Å². The molecule has 0 radical (unpaired) electrons. The molecule has 2 N–H and O–H groups in total. The molecule has 1 aliphatic carbocycles. The number of carbonyl (C=O) groups is 1. The summed E-state index contributed by atoms with van der Waals surface area (Å²) in [4.78, 5) is 21.0. The standard InChI is InChI=1S/C14H18N2O7S/c1-23-13-8-11(6-7-12(13)16(19)20)24(21,22)15-10-4-2-9(3-5-10)14(17)18/h6-10,15H,2-5H2,1H3,(H,17,18). The number of nitro groups is 1. The first-order chi connectivity index (χ1) is 11.2. The number of rotatable bonds is 6. The van der Waals surface area contributed by atoms with Gasteiger partial charge in [-0.3, -0.25) is 14.9 Å². The number of nitrogens with zero attached hydrogens (tertiary/aromatic N) is 1. The lowest BCUT2D eigenvalue weighted by Crippen LogP contribution is -2.38. The Kier molecular flexibility index (Phi) is 5.40. The molecule has 1 fully saturated rings. The van der Waals surface area contributed by atoms with Gasteiger partial charge in [0.05, 0.1) is 22.8 Å². The van der Waals surface area contributed by atoms with Gasteiger partial charge in [0, 0.05) is 18.2 Å². The Morgan fingerprint density at radius 3 is 2.46 bits per heavy atom. The molecule has 9 nitrogen and oxygen atoms in total. The number of carboxylic acid groups (broad SMARTS) is 1. The van der Waals surface area contributed by atoms with Gasteiger partial charge in [0.2, 0.25) is 10.0 Å². The van der Waals surface area contributed by atoms with E-state index in [9.17, 15) is 23.3 Å². The van der Waals surface area contributed by atoms with Crippen LogP contribution in [0.25, 0.3) is 0 Å². The van der Waals surface area contributed by atoms with Gasteiger partial charge in [0.25, 0.3) is 0 Å². The molecule has 1 aromatic rings. The normalized spacial score (nSPS) is 21.2. The fraction of sp³-hybridized carbons (Fsp3) is 0.500. The number of carboxylic acids is 1. The van der Waals surface area contributed by atoms with Crippen LogP contribution in [-0.4, -0.2) is 37.6 Å². The zero-order valence-corrected chi connectivity index (χ0v) is 13.8. The molecule has 0 heterocycles. The molecule has 0 amide bonds. The molecule has 10 heteroatoms. The first kappa shape index (κ1) is 18.1. The molecule has 0 atom stereocenters. The lowest BCUT2D eigenvalue weighted by atomic mass is 9.87. The molecule has 24 heavy (non-hydrogen) atoms. The van der Waals surface area contributed by atoms with Gasteiger partial charge in [-0.25, -0.2) is 13.1 Å². The van der Waals surface area contributed by atoms with Crippen molar-refractivity contribution in [2.75, 3.05) is 7.11 Å². The fourth-order valence-electron chi connectivity index (χ4n) is 2.72. The van der Waals surface area contributed by atoms with E-state index in [0.29, 0.717) is 25.7 Å². The van der Waals surface area contributed by atoms with Gasteiger partial charge >= 0.3 is 11.7 Å². The van der Waals surface area contributed by atoms with Crippen LogP contribution in [0.3, 0.4) is 0 Å². The van der Waals surface area contributed by atoms with E-state index in [1.807, 2.05) is 0 Å². The Morgan fingerprint density at radius 1 is 1.33 bits per heavy atom. The molecule has 0 aliphatic heterocycles. The van der Waals surface area contributed by atoms with E-state index in [4.69, 9.17) is 9.84 Å². The minimum atomic E-state index is -3.87. The number of benzene rings is 1. The van der Waals surface area contributed by atoms with Crippen LogP contribution in [0.15, 0.2) is 23.1 Å². The van der Waals surface area contributed by atoms with Crippen molar-refractivity contribution in [1.82, 2.24) is 4.72 Å². The molecule has 0 bridgehead atoms. The van der Waals surface area contributed by atoms with Crippen molar-refractivity contribution in [2.45, 2.75) is 36.6 Å². The van der Waals surface area contributed by atoms with E-state index in [1.54, 1.807) is 0 Å². The van der Waals surface area contributed by atoms with Crippen LogP contribution < -0.4 is 9.46 Å². The summed E-state index contributed by atoms with van der Waals surface area (Å²) in [6.07, 6.45) is 1.68. The Bertz CT molecular complexity index is 739. The third-order valence-electron chi connectivity index (χ3n) is 4.06. The maximum absolute atomic E-state index is 12.4. The van der Waals surface area contributed by atoms with E-state index < -0.39 is 26.8 Å². The van der Waals surface area contributed by atoms with Crippen molar-refractivity contribution >= 4 is 21.7 Å². The largest absolute Gasteiger partial charge is 0.490 e. The third kappa shape index (κ3) is 4.01. The third-order valence-corrected chi connectivity index (χ3v) is 5.57. The van der Waals surface area contributed by atoms with Crippen LogP contribution in [0.1, 0.15) is 25.7 Å². The lowest BCUT2D eigenvalue weighted by molar-refractivity contribution is -0.385. The second-order valence-corrected chi connectivity index (χ2v) is 7.31. The summed E-state index contributed by atoms with van der Waals surface area (Å²) < 4.78 is 32.2. The maximum Gasteiger partial charge on any atom is 0.310 e. The number of aliphatic carboxylic acids is 1. The molecule has 132 valence electrons. The quantitative estimate of drug-likeness (QED) is 0.581. The van der Waals surface area contributed by atoms with E-state index in [2.05, 4.69) is 4.72 Å². The Balaban J connectivity index is 2.14. The first-order valence-corrected chi connectivity index (χ1v) is 8.80. The Labute approximate surface area is 138 Å². The number of methoxy groups -OCH3 is 1. The molecule has 0 unspecified atom stereocenters. The first-order valence-electron chi connectivity index (χ1n) is 7.32. The second kappa shape index (κ2) is 7.14. The van der Waals surface area contributed by atoms with Crippen LogP contribution >= 0.6 is 0 Å². The molecule has 2 rings (SSSR count). The van der Waals surface area contributed by atoms with Crippen LogP contribution in [0, 0.1) is 16.0 Å². The fourth-order valence-corrected chi connectivity index (χ4v) is 4.04. The van der Waals surface area contributed by atoms with Gasteiger partial charge < -0.3 is 9.84 Å². The smallest absolute Gasteiger partial charge is 0.310 e. The van der Waals surface area contributed by atoms with Gasteiger partial charge in [-0.2, -0.15) is 0 Å². The summed E-state index contributed by atoms with van der Waals surface area (Å²) in [6.45, 7) is 0. The van der Waals surface area contributed by atoms with Crippen LogP contribution in [0.5, 0.6) is 5.75 Å². The van der Waals surface area contributed by atoms with E-state index in [-0.39, 0.29) is 22.4 Å². The summed E-state index contributed by atoms with van der Waals surface area (Å²) in [5.41, 5.74) is -0.321. The molecule has 1 aliphatic rings. The van der Waals surface area contributed by atoms with Gasteiger partial charge in [0.1, 0.15) is 0 Å². The second-order valence-electron chi connectivity index (χ2n) is 5.60. The number of sulfonamides is 1. The molecule has 1 saturated carbocycles. The van der Waals surface area contributed by atoms with Crippen LogP contribution in [0.2, 0.25) is 0 Å². The summed E-state index contributed by atoms with van der Waals surface area (Å²) in [5.74, 6) is -1.45. The zero-order chi connectivity index (χ0) is 17.9. The molecular weight excluding hydrogens is 340 g/mol. The summed E-state index contributed by atoms with van der Waals surface area (Å²) in [6, 6.07) is 2.97. The molecule has 0 saturated heterocycles.